The van der Waals surface area contributed by atoms with Crippen molar-refractivity contribution in [3.05, 3.63) is 11.9 Å². The summed E-state index contributed by atoms with van der Waals surface area (Å²) in [4.78, 5) is 10.5. The van der Waals surface area contributed by atoms with Gasteiger partial charge in [0.2, 0.25) is 0 Å². The molecule has 1 rings (SSSR count). The average Bonchev–Trinajstić information content (AvgIpc) is 2.61. The Bertz CT molecular complexity index is 297. The van der Waals surface area contributed by atoms with Gasteiger partial charge in [0.1, 0.15) is 0 Å². The van der Waals surface area contributed by atoms with Crippen molar-refractivity contribution in [2.24, 2.45) is 0 Å². The van der Waals surface area contributed by atoms with Crippen molar-refractivity contribution in [3.8, 4) is 0 Å². The maximum absolute atomic E-state index is 10.5. The van der Waals surface area contributed by atoms with E-state index in [1.165, 1.54) is 10.9 Å². The van der Waals surface area contributed by atoms with Gasteiger partial charge < -0.3 is 10.4 Å². The Hall–Kier alpha value is -1.43. The van der Waals surface area contributed by atoms with Gasteiger partial charge in [-0.1, -0.05) is 12.1 Å². The molecule has 6 heteroatoms. The van der Waals surface area contributed by atoms with Crippen molar-refractivity contribution in [2.45, 2.75) is 19.9 Å². The summed E-state index contributed by atoms with van der Waals surface area (Å²) in [5.74, 6) is -1.04. The monoisotopic (exact) mass is 198 g/mol. The molecule has 0 radical (unpaired) electrons. The second-order valence-electron chi connectivity index (χ2n) is 2.92. The van der Waals surface area contributed by atoms with Gasteiger partial charge in [-0.2, -0.15) is 0 Å². The topological polar surface area (TPSA) is 80.0 Å². The Kier molecular flexibility index (Phi) is 4.06. The average molecular weight is 198 g/mol. The van der Waals surface area contributed by atoms with E-state index in [1.807, 2.05) is 0 Å². The second-order valence-corrected chi connectivity index (χ2v) is 2.92. The molecule has 0 fully saturated rings. The van der Waals surface area contributed by atoms with Crippen LogP contribution in [0, 0.1) is 0 Å². The summed E-state index contributed by atoms with van der Waals surface area (Å²) in [6.07, 6.45) is 2.51. The molecule has 0 bridgehead atoms. The van der Waals surface area contributed by atoms with E-state index >= 15 is 0 Å². The molecule has 6 nitrogen and oxygen atoms in total. The molecule has 14 heavy (non-hydrogen) atoms. The second kappa shape index (κ2) is 5.33. The molecule has 0 saturated carbocycles. The first-order valence-electron chi connectivity index (χ1n) is 4.58. The standard InChI is InChI=1S/C8H14N4O2/c1-2-3-9-4-5-12-6-7(8(13)14)10-11-12/h6,9H,2-5H2,1H3,(H,13,14). The van der Waals surface area contributed by atoms with Crippen LogP contribution in [0.1, 0.15) is 23.8 Å². The minimum absolute atomic E-state index is 0.0134. The van der Waals surface area contributed by atoms with Crippen LogP contribution in [-0.2, 0) is 6.54 Å². The number of nitrogens with one attached hydrogen (secondary N) is 1. The first-order valence-corrected chi connectivity index (χ1v) is 4.58. The molecule has 1 aromatic rings. The summed E-state index contributed by atoms with van der Waals surface area (Å²) in [6, 6.07) is 0. The van der Waals surface area contributed by atoms with Gasteiger partial charge in [0.25, 0.3) is 0 Å². The van der Waals surface area contributed by atoms with E-state index in [0.717, 1.165) is 19.5 Å². The van der Waals surface area contributed by atoms with E-state index in [4.69, 9.17) is 5.11 Å². The molecule has 2 N–H and O–H groups in total. The number of rotatable bonds is 6. The molecule has 0 spiro atoms. The third kappa shape index (κ3) is 3.14. The zero-order valence-corrected chi connectivity index (χ0v) is 8.10. The Morgan fingerprint density at radius 1 is 1.64 bits per heavy atom. The largest absolute Gasteiger partial charge is 0.476 e. The molecule has 0 amide bonds. The van der Waals surface area contributed by atoms with Gasteiger partial charge in [-0.25, -0.2) is 4.79 Å². The van der Waals surface area contributed by atoms with Crippen molar-refractivity contribution in [2.75, 3.05) is 13.1 Å². The maximum Gasteiger partial charge on any atom is 0.358 e. The fourth-order valence-corrected chi connectivity index (χ4v) is 1.00. The van der Waals surface area contributed by atoms with E-state index in [-0.39, 0.29) is 5.69 Å². The Morgan fingerprint density at radius 3 is 3.00 bits per heavy atom. The highest BCUT2D eigenvalue weighted by Gasteiger charge is 2.07. The van der Waals surface area contributed by atoms with Crippen molar-refractivity contribution in [3.63, 3.8) is 0 Å². The summed E-state index contributed by atoms with van der Waals surface area (Å²) in [7, 11) is 0. The van der Waals surface area contributed by atoms with Crippen LogP contribution < -0.4 is 5.32 Å². The summed E-state index contributed by atoms with van der Waals surface area (Å²) >= 11 is 0. The maximum atomic E-state index is 10.5. The van der Waals surface area contributed by atoms with E-state index in [9.17, 15) is 4.79 Å². The van der Waals surface area contributed by atoms with Crippen LogP contribution in [0.5, 0.6) is 0 Å². The molecule has 78 valence electrons. The third-order valence-electron chi connectivity index (χ3n) is 1.70. The fraction of sp³-hybridized carbons (Fsp3) is 0.625. The van der Waals surface area contributed by atoms with Crippen molar-refractivity contribution < 1.29 is 9.90 Å². The molecule has 0 unspecified atom stereocenters. The minimum atomic E-state index is -1.04. The van der Waals surface area contributed by atoms with Gasteiger partial charge in [0.15, 0.2) is 5.69 Å². The van der Waals surface area contributed by atoms with Crippen LogP contribution in [-0.4, -0.2) is 39.2 Å². The number of carboxylic acids is 1. The van der Waals surface area contributed by atoms with Crippen LogP contribution in [0.25, 0.3) is 0 Å². The zero-order chi connectivity index (χ0) is 10.4. The predicted molar refractivity (Wildman–Crippen MR) is 50.1 cm³/mol. The Morgan fingerprint density at radius 2 is 2.43 bits per heavy atom. The molecule has 0 aliphatic rings. The molecular formula is C8H14N4O2. The lowest BCUT2D eigenvalue weighted by molar-refractivity contribution is 0.0690. The van der Waals surface area contributed by atoms with Gasteiger partial charge in [0.05, 0.1) is 12.7 Å². The van der Waals surface area contributed by atoms with E-state index in [2.05, 4.69) is 22.6 Å². The molecule has 0 aliphatic heterocycles. The highest BCUT2D eigenvalue weighted by Crippen LogP contribution is 1.91. The van der Waals surface area contributed by atoms with Gasteiger partial charge in [0, 0.05) is 6.54 Å². The number of nitrogens with zero attached hydrogens (tertiary/aromatic N) is 3. The molecule has 0 aliphatic carbocycles. The van der Waals surface area contributed by atoms with E-state index < -0.39 is 5.97 Å². The number of hydrogen-bond donors (Lipinski definition) is 2. The smallest absolute Gasteiger partial charge is 0.358 e. The molecule has 1 heterocycles. The molecule has 0 atom stereocenters. The number of aromatic carboxylic acids is 1. The van der Waals surface area contributed by atoms with E-state index in [0.29, 0.717) is 6.54 Å². The molecular weight excluding hydrogens is 184 g/mol. The summed E-state index contributed by atoms with van der Waals surface area (Å²) in [6.45, 7) is 4.46. The Labute approximate surface area is 81.9 Å². The summed E-state index contributed by atoms with van der Waals surface area (Å²) in [5, 5.41) is 18.9. The number of carboxylic acid groups (broad SMARTS) is 1. The zero-order valence-electron chi connectivity index (χ0n) is 8.10. The summed E-state index contributed by atoms with van der Waals surface area (Å²) < 4.78 is 1.52. The molecule has 0 saturated heterocycles. The normalized spacial score (nSPS) is 10.4. The van der Waals surface area contributed by atoms with Crippen LogP contribution >= 0.6 is 0 Å². The molecule has 1 aromatic heterocycles. The highest BCUT2D eigenvalue weighted by atomic mass is 16.4. The fourth-order valence-electron chi connectivity index (χ4n) is 1.00. The first-order chi connectivity index (χ1) is 6.74. The number of hydrogen-bond acceptors (Lipinski definition) is 4. The number of aromatic nitrogens is 3. The quantitative estimate of drug-likeness (QED) is 0.628. The SMILES string of the molecule is CCCNCCn1cc(C(=O)O)nn1. The van der Waals surface area contributed by atoms with Crippen LogP contribution in [0.2, 0.25) is 0 Å². The minimum Gasteiger partial charge on any atom is -0.476 e. The van der Waals surface area contributed by atoms with Gasteiger partial charge in [-0.15, -0.1) is 5.10 Å². The van der Waals surface area contributed by atoms with E-state index in [1.54, 1.807) is 0 Å². The van der Waals surface area contributed by atoms with Crippen molar-refractivity contribution in [1.29, 1.82) is 0 Å². The molecule has 0 aromatic carbocycles. The van der Waals surface area contributed by atoms with Crippen molar-refractivity contribution >= 4 is 5.97 Å². The highest BCUT2D eigenvalue weighted by molar-refractivity contribution is 5.84. The lowest BCUT2D eigenvalue weighted by Crippen LogP contribution is -2.20. The first kappa shape index (κ1) is 10.6. The predicted octanol–water partition coefficient (Wildman–Crippen LogP) is -0.0241. The van der Waals surface area contributed by atoms with Crippen LogP contribution in [0.15, 0.2) is 6.20 Å². The lowest BCUT2D eigenvalue weighted by Gasteiger charge is -2.01. The summed E-state index contributed by atoms with van der Waals surface area (Å²) in [5.41, 5.74) is -0.0134. The van der Waals surface area contributed by atoms with Crippen LogP contribution in [0.3, 0.4) is 0 Å². The third-order valence-corrected chi connectivity index (χ3v) is 1.70. The lowest BCUT2D eigenvalue weighted by atomic mass is 10.4. The van der Waals surface area contributed by atoms with Crippen LogP contribution in [0.4, 0.5) is 0 Å². The van der Waals surface area contributed by atoms with Gasteiger partial charge in [-0.05, 0) is 13.0 Å². The van der Waals surface area contributed by atoms with Gasteiger partial charge >= 0.3 is 5.97 Å². The van der Waals surface area contributed by atoms with Crippen molar-refractivity contribution in [1.82, 2.24) is 20.3 Å². The number of carbonyl (C=O) groups is 1. The van der Waals surface area contributed by atoms with Gasteiger partial charge in [-0.3, -0.25) is 4.68 Å². The Balaban J connectivity index is 2.33.